The van der Waals surface area contributed by atoms with Crippen molar-refractivity contribution in [2.45, 2.75) is 6.42 Å². The van der Waals surface area contributed by atoms with E-state index in [1.807, 2.05) is 23.0 Å². The van der Waals surface area contributed by atoms with Crippen molar-refractivity contribution in [1.29, 1.82) is 0 Å². The minimum absolute atomic E-state index is 0.850. The number of morpholine rings is 1. The predicted molar refractivity (Wildman–Crippen MR) is 116 cm³/mol. The van der Waals surface area contributed by atoms with E-state index in [1.54, 1.807) is 0 Å². The van der Waals surface area contributed by atoms with Crippen molar-refractivity contribution in [3.63, 3.8) is 0 Å². The third-order valence-corrected chi connectivity index (χ3v) is 5.52. The Morgan fingerprint density at radius 3 is 2.76 bits per heavy atom. The lowest BCUT2D eigenvalue weighted by atomic mass is 10.0. The number of nitrogens with zero attached hydrogens (tertiary/aromatic N) is 4. The summed E-state index contributed by atoms with van der Waals surface area (Å²) in [7, 11) is 0. The zero-order chi connectivity index (χ0) is 19.5. The van der Waals surface area contributed by atoms with Gasteiger partial charge in [-0.05, 0) is 41.4 Å². The molecule has 1 N–H and O–H groups in total. The fraction of sp³-hybridized carbons (Fsp3) is 0.304. The molecule has 0 amide bonds. The predicted octanol–water partition coefficient (Wildman–Crippen LogP) is 3.68. The number of ether oxygens (including phenoxy) is 1. The summed E-state index contributed by atoms with van der Waals surface area (Å²) in [5.41, 5.74) is 3.06. The third kappa shape index (κ3) is 3.81. The van der Waals surface area contributed by atoms with Gasteiger partial charge in [0.15, 0.2) is 5.65 Å². The van der Waals surface area contributed by atoms with Gasteiger partial charge in [0.2, 0.25) is 0 Å². The molecule has 5 rings (SSSR count). The molecular formula is C23H25N5O. The van der Waals surface area contributed by atoms with Gasteiger partial charge in [0.1, 0.15) is 5.82 Å². The first-order chi connectivity index (χ1) is 14.4. The third-order valence-electron chi connectivity index (χ3n) is 5.52. The molecular weight excluding hydrogens is 362 g/mol. The molecule has 6 nitrogen and oxygen atoms in total. The fourth-order valence-corrected chi connectivity index (χ4v) is 3.93. The molecule has 1 aliphatic rings. The van der Waals surface area contributed by atoms with E-state index in [0.717, 1.165) is 68.4 Å². The largest absolute Gasteiger partial charge is 0.379 e. The van der Waals surface area contributed by atoms with Gasteiger partial charge in [0.25, 0.3) is 0 Å². The summed E-state index contributed by atoms with van der Waals surface area (Å²) in [6, 6.07) is 16.9. The van der Waals surface area contributed by atoms with Crippen molar-refractivity contribution >= 4 is 22.2 Å². The van der Waals surface area contributed by atoms with Gasteiger partial charge in [0.05, 0.1) is 19.4 Å². The number of anilines is 1. The Hall–Kier alpha value is -2.96. The van der Waals surface area contributed by atoms with Crippen molar-refractivity contribution in [3.05, 3.63) is 60.9 Å². The van der Waals surface area contributed by atoms with Crippen molar-refractivity contribution < 1.29 is 4.74 Å². The summed E-state index contributed by atoms with van der Waals surface area (Å²) in [6.07, 6.45) is 4.85. The van der Waals surface area contributed by atoms with E-state index in [9.17, 15) is 0 Å². The number of hydrogen-bond acceptors (Lipinski definition) is 5. The Labute approximate surface area is 170 Å². The maximum atomic E-state index is 5.41. The van der Waals surface area contributed by atoms with Crippen LogP contribution in [0.15, 0.2) is 60.9 Å². The van der Waals surface area contributed by atoms with Crippen LogP contribution in [0, 0.1) is 0 Å². The van der Waals surface area contributed by atoms with Crippen molar-refractivity contribution in [2.24, 2.45) is 0 Å². The second kappa shape index (κ2) is 8.19. The maximum absolute atomic E-state index is 5.41. The van der Waals surface area contributed by atoms with E-state index in [2.05, 4.69) is 62.8 Å². The molecule has 6 heteroatoms. The summed E-state index contributed by atoms with van der Waals surface area (Å²) in [4.78, 5) is 7.06. The molecule has 29 heavy (non-hydrogen) atoms. The second-order valence-electron chi connectivity index (χ2n) is 7.42. The van der Waals surface area contributed by atoms with Crippen molar-refractivity contribution in [2.75, 3.05) is 44.7 Å². The van der Waals surface area contributed by atoms with Gasteiger partial charge in [-0.3, -0.25) is 4.90 Å². The Morgan fingerprint density at radius 1 is 1.00 bits per heavy atom. The van der Waals surface area contributed by atoms with Gasteiger partial charge in [0, 0.05) is 31.4 Å². The van der Waals surface area contributed by atoms with Crippen LogP contribution in [0.3, 0.4) is 0 Å². The molecule has 0 spiro atoms. The van der Waals surface area contributed by atoms with Crippen LogP contribution in [0.4, 0.5) is 5.82 Å². The van der Waals surface area contributed by atoms with Crippen LogP contribution in [0.5, 0.6) is 0 Å². The molecule has 2 aromatic carbocycles. The first-order valence-electron chi connectivity index (χ1n) is 10.2. The lowest BCUT2D eigenvalue weighted by molar-refractivity contribution is 0.0378. The Morgan fingerprint density at radius 2 is 1.86 bits per heavy atom. The van der Waals surface area contributed by atoms with Gasteiger partial charge >= 0.3 is 0 Å². The Balaban J connectivity index is 1.33. The molecule has 2 aromatic heterocycles. The van der Waals surface area contributed by atoms with Crippen LogP contribution in [-0.4, -0.2) is 58.9 Å². The number of hydrogen-bond donors (Lipinski definition) is 1. The lowest BCUT2D eigenvalue weighted by Gasteiger charge is -2.26. The Bertz CT molecular complexity index is 1120. The number of aromatic nitrogens is 3. The molecule has 4 aromatic rings. The molecule has 1 saturated heterocycles. The zero-order valence-corrected chi connectivity index (χ0v) is 16.4. The van der Waals surface area contributed by atoms with Crippen LogP contribution in [-0.2, 0) is 4.74 Å². The number of nitrogens with one attached hydrogen (secondary N) is 1. The van der Waals surface area contributed by atoms with Gasteiger partial charge in [-0.25, -0.2) is 4.98 Å². The van der Waals surface area contributed by atoms with E-state index in [4.69, 9.17) is 4.74 Å². The summed E-state index contributed by atoms with van der Waals surface area (Å²) in [5, 5.41) is 10.6. The van der Waals surface area contributed by atoms with Crippen molar-refractivity contribution in [3.8, 4) is 11.1 Å². The van der Waals surface area contributed by atoms with Crippen LogP contribution in [0.1, 0.15) is 6.42 Å². The second-order valence-corrected chi connectivity index (χ2v) is 7.42. The zero-order valence-electron chi connectivity index (χ0n) is 16.4. The Kier molecular flexibility index (Phi) is 5.11. The highest BCUT2D eigenvalue weighted by atomic mass is 16.5. The SMILES string of the molecule is c1ccc2cc(-c3cnn4c(NCCCN5CCOCC5)ccnc34)ccc2c1. The quantitative estimate of drug-likeness (QED) is 0.512. The van der Waals surface area contributed by atoms with Gasteiger partial charge in [-0.15, -0.1) is 0 Å². The highest BCUT2D eigenvalue weighted by Crippen LogP contribution is 2.28. The minimum atomic E-state index is 0.850. The molecule has 1 aliphatic heterocycles. The molecule has 0 bridgehead atoms. The van der Waals surface area contributed by atoms with E-state index < -0.39 is 0 Å². The van der Waals surface area contributed by atoms with Crippen LogP contribution in [0.25, 0.3) is 27.5 Å². The maximum Gasteiger partial charge on any atom is 0.165 e. The van der Waals surface area contributed by atoms with E-state index >= 15 is 0 Å². The van der Waals surface area contributed by atoms with Crippen LogP contribution in [0.2, 0.25) is 0 Å². The average molecular weight is 387 g/mol. The molecule has 0 unspecified atom stereocenters. The van der Waals surface area contributed by atoms with Gasteiger partial charge in [-0.1, -0.05) is 36.4 Å². The number of benzene rings is 2. The molecule has 0 saturated carbocycles. The van der Waals surface area contributed by atoms with Gasteiger partial charge < -0.3 is 10.1 Å². The van der Waals surface area contributed by atoms with Crippen LogP contribution < -0.4 is 5.32 Å². The molecule has 148 valence electrons. The first-order valence-corrected chi connectivity index (χ1v) is 10.2. The fourth-order valence-electron chi connectivity index (χ4n) is 3.93. The highest BCUT2D eigenvalue weighted by molar-refractivity contribution is 5.89. The lowest BCUT2D eigenvalue weighted by Crippen LogP contribution is -2.37. The molecule has 0 aliphatic carbocycles. The summed E-state index contributed by atoms with van der Waals surface area (Å²) in [6.45, 7) is 5.77. The highest BCUT2D eigenvalue weighted by Gasteiger charge is 2.12. The van der Waals surface area contributed by atoms with Gasteiger partial charge in [-0.2, -0.15) is 9.61 Å². The number of rotatable bonds is 6. The topological polar surface area (TPSA) is 54.7 Å². The standard InChI is InChI=1S/C23H25N5O/c1-2-5-19-16-20(7-6-18(19)4-1)21-17-26-28-22(8-10-25-23(21)28)24-9-3-11-27-12-14-29-15-13-27/h1-2,4-8,10,16-17,24H,3,9,11-15H2. The van der Waals surface area contributed by atoms with Crippen molar-refractivity contribution in [1.82, 2.24) is 19.5 Å². The van der Waals surface area contributed by atoms with Crippen LogP contribution >= 0.6 is 0 Å². The first kappa shape index (κ1) is 18.1. The summed E-state index contributed by atoms with van der Waals surface area (Å²) >= 11 is 0. The normalized spacial score (nSPS) is 15.2. The molecule has 0 radical (unpaired) electrons. The average Bonchev–Trinajstić information content (AvgIpc) is 3.22. The summed E-state index contributed by atoms with van der Waals surface area (Å²) < 4.78 is 7.31. The van der Waals surface area contributed by atoms with E-state index in [-0.39, 0.29) is 0 Å². The monoisotopic (exact) mass is 387 g/mol. The minimum Gasteiger partial charge on any atom is -0.379 e. The van der Waals surface area contributed by atoms with E-state index in [0.29, 0.717) is 0 Å². The smallest absolute Gasteiger partial charge is 0.165 e. The van der Waals surface area contributed by atoms with E-state index in [1.165, 1.54) is 10.8 Å². The number of fused-ring (bicyclic) bond motifs is 2. The summed E-state index contributed by atoms with van der Waals surface area (Å²) in [5.74, 6) is 0.976. The molecule has 3 heterocycles. The molecule has 0 atom stereocenters. The molecule has 1 fully saturated rings.